The molecule has 86 valence electrons. The van der Waals surface area contributed by atoms with Crippen LogP contribution in [0.3, 0.4) is 0 Å². The summed E-state index contributed by atoms with van der Waals surface area (Å²) >= 11 is 2.86. The molecule has 0 radical (unpaired) electrons. The summed E-state index contributed by atoms with van der Waals surface area (Å²) in [5.74, 6) is 0.265. The lowest BCUT2D eigenvalue weighted by molar-refractivity contribution is -0.138. The van der Waals surface area contributed by atoms with E-state index in [-0.39, 0.29) is 22.2 Å². The van der Waals surface area contributed by atoms with Gasteiger partial charge in [0.15, 0.2) is 0 Å². The van der Waals surface area contributed by atoms with Gasteiger partial charge in [0.1, 0.15) is 5.75 Å². The third-order valence-electron chi connectivity index (χ3n) is 1.98. The fraction of sp³-hybridized carbons (Fsp3) is 0.300. The summed E-state index contributed by atoms with van der Waals surface area (Å²) < 4.78 is 42.4. The monoisotopic (exact) mass is 293 g/mol. The third-order valence-corrected chi connectivity index (χ3v) is 2.89. The van der Waals surface area contributed by atoms with E-state index in [4.69, 9.17) is 10.00 Å². The highest BCUT2D eigenvalue weighted by Crippen LogP contribution is 2.39. The highest BCUT2D eigenvalue weighted by Gasteiger charge is 2.34. The maximum absolute atomic E-state index is 12.6. The van der Waals surface area contributed by atoms with E-state index in [0.29, 0.717) is 0 Å². The van der Waals surface area contributed by atoms with Crippen molar-refractivity contribution < 1.29 is 17.9 Å². The maximum atomic E-state index is 12.6. The molecular formula is C10H7BrF3NO. The first-order valence-corrected chi connectivity index (χ1v) is 5.00. The minimum absolute atomic E-state index is 0.138. The van der Waals surface area contributed by atoms with Gasteiger partial charge in [-0.2, -0.15) is 18.4 Å². The van der Waals surface area contributed by atoms with Crippen molar-refractivity contribution in [3.63, 3.8) is 0 Å². The van der Waals surface area contributed by atoms with Crippen molar-refractivity contribution in [2.75, 3.05) is 7.11 Å². The highest BCUT2D eigenvalue weighted by molar-refractivity contribution is 9.10. The van der Waals surface area contributed by atoms with Gasteiger partial charge in [0.2, 0.25) is 0 Å². The number of nitriles is 1. The van der Waals surface area contributed by atoms with Crippen LogP contribution in [0.15, 0.2) is 16.6 Å². The van der Waals surface area contributed by atoms with E-state index >= 15 is 0 Å². The van der Waals surface area contributed by atoms with E-state index in [1.807, 2.05) is 0 Å². The van der Waals surface area contributed by atoms with Crippen molar-refractivity contribution in [1.82, 2.24) is 0 Å². The number of benzene rings is 1. The fourth-order valence-corrected chi connectivity index (χ4v) is 1.95. The normalized spacial score (nSPS) is 11.0. The zero-order valence-electron chi connectivity index (χ0n) is 8.23. The van der Waals surface area contributed by atoms with E-state index in [9.17, 15) is 13.2 Å². The second-order valence-corrected chi connectivity index (χ2v) is 3.73. The summed E-state index contributed by atoms with van der Waals surface area (Å²) in [5.41, 5.74) is -0.599. The molecule has 0 saturated heterocycles. The largest absolute Gasteiger partial charge is 0.496 e. The minimum Gasteiger partial charge on any atom is -0.496 e. The molecule has 0 atom stereocenters. The Morgan fingerprint density at radius 1 is 1.44 bits per heavy atom. The number of alkyl halides is 3. The summed E-state index contributed by atoms with van der Waals surface area (Å²) in [6, 6.07) is 3.93. The number of nitrogens with zero attached hydrogens (tertiary/aromatic N) is 1. The maximum Gasteiger partial charge on any atom is 0.417 e. The zero-order valence-corrected chi connectivity index (χ0v) is 9.82. The van der Waals surface area contributed by atoms with Gasteiger partial charge in [-0.15, -0.1) is 0 Å². The molecule has 0 spiro atoms. The smallest absolute Gasteiger partial charge is 0.417 e. The topological polar surface area (TPSA) is 33.0 Å². The Morgan fingerprint density at radius 3 is 2.50 bits per heavy atom. The molecule has 2 nitrogen and oxygen atoms in total. The van der Waals surface area contributed by atoms with Crippen LogP contribution in [0.5, 0.6) is 5.75 Å². The number of halogens is 4. The molecule has 0 aromatic heterocycles. The van der Waals surface area contributed by atoms with Crippen molar-refractivity contribution in [3.8, 4) is 11.8 Å². The van der Waals surface area contributed by atoms with E-state index in [2.05, 4.69) is 15.9 Å². The number of ether oxygens (including phenoxy) is 1. The van der Waals surface area contributed by atoms with Crippen LogP contribution < -0.4 is 4.74 Å². The second-order valence-electron chi connectivity index (χ2n) is 2.94. The van der Waals surface area contributed by atoms with E-state index in [0.717, 1.165) is 6.07 Å². The van der Waals surface area contributed by atoms with Crippen molar-refractivity contribution in [2.24, 2.45) is 0 Å². The molecule has 0 aliphatic rings. The molecule has 16 heavy (non-hydrogen) atoms. The van der Waals surface area contributed by atoms with Crippen molar-refractivity contribution in [1.29, 1.82) is 5.26 Å². The molecule has 0 aliphatic carbocycles. The lowest BCUT2D eigenvalue weighted by atomic mass is 10.1. The minimum atomic E-state index is -4.45. The van der Waals surface area contributed by atoms with Crippen LogP contribution in [-0.4, -0.2) is 7.11 Å². The summed E-state index contributed by atoms with van der Waals surface area (Å²) in [6.07, 6.45) is -4.59. The van der Waals surface area contributed by atoms with Crippen molar-refractivity contribution in [2.45, 2.75) is 12.6 Å². The molecule has 0 bridgehead atoms. The van der Waals surface area contributed by atoms with Crippen LogP contribution in [0.25, 0.3) is 0 Å². The SMILES string of the molecule is COc1ccc(C(F)(F)F)c(Br)c1CC#N. The zero-order chi connectivity index (χ0) is 12.3. The van der Waals surface area contributed by atoms with Gasteiger partial charge in [-0.3, -0.25) is 0 Å². The Balaban J connectivity index is 3.39. The summed E-state index contributed by atoms with van der Waals surface area (Å²) in [6.45, 7) is 0. The van der Waals surface area contributed by atoms with Crippen LogP contribution in [0.2, 0.25) is 0 Å². The van der Waals surface area contributed by atoms with Gasteiger partial charge < -0.3 is 4.74 Å². The Hall–Kier alpha value is -1.22. The Bertz CT molecular complexity index is 437. The Morgan fingerprint density at radius 2 is 2.06 bits per heavy atom. The first kappa shape index (κ1) is 12.8. The van der Waals surface area contributed by atoms with Crippen molar-refractivity contribution >= 4 is 15.9 Å². The molecule has 0 N–H and O–H groups in total. The average molecular weight is 294 g/mol. The molecule has 0 saturated carbocycles. The van der Waals surface area contributed by atoms with E-state index < -0.39 is 11.7 Å². The number of rotatable bonds is 2. The van der Waals surface area contributed by atoms with Gasteiger partial charge in [-0.05, 0) is 28.1 Å². The highest BCUT2D eigenvalue weighted by atomic mass is 79.9. The first-order chi connectivity index (χ1) is 7.41. The molecule has 0 aliphatic heterocycles. The molecule has 0 heterocycles. The molecule has 0 amide bonds. The van der Waals surface area contributed by atoms with Gasteiger partial charge >= 0.3 is 6.18 Å². The van der Waals surface area contributed by atoms with Crippen LogP contribution in [0.4, 0.5) is 13.2 Å². The molecule has 1 rings (SSSR count). The number of hydrogen-bond acceptors (Lipinski definition) is 2. The number of methoxy groups -OCH3 is 1. The van der Waals surface area contributed by atoms with Gasteiger partial charge in [0, 0.05) is 10.0 Å². The average Bonchev–Trinajstić information content (AvgIpc) is 2.19. The predicted octanol–water partition coefficient (Wildman–Crippen LogP) is 3.54. The lowest BCUT2D eigenvalue weighted by Crippen LogP contribution is -2.08. The lowest BCUT2D eigenvalue weighted by Gasteiger charge is -2.14. The summed E-state index contributed by atoms with van der Waals surface area (Å²) in [4.78, 5) is 0. The number of hydrogen-bond donors (Lipinski definition) is 0. The van der Waals surface area contributed by atoms with E-state index in [1.54, 1.807) is 6.07 Å². The third kappa shape index (κ3) is 2.47. The molecule has 0 unspecified atom stereocenters. The van der Waals surface area contributed by atoms with Crippen LogP contribution in [0.1, 0.15) is 11.1 Å². The van der Waals surface area contributed by atoms with Crippen LogP contribution in [-0.2, 0) is 12.6 Å². The van der Waals surface area contributed by atoms with Gasteiger partial charge in [-0.25, -0.2) is 0 Å². The van der Waals surface area contributed by atoms with E-state index in [1.165, 1.54) is 13.2 Å². The fourth-order valence-electron chi connectivity index (χ4n) is 1.26. The van der Waals surface area contributed by atoms with Gasteiger partial charge in [0.05, 0.1) is 25.2 Å². The van der Waals surface area contributed by atoms with Crippen molar-refractivity contribution in [3.05, 3.63) is 27.7 Å². The Kier molecular flexibility index (Phi) is 3.81. The second kappa shape index (κ2) is 4.74. The standard InChI is InChI=1S/C10H7BrF3NO/c1-16-8-3-2-7(10(12,13)14)9(11)6(8)4-5-15/h2-3H,4H2,1H3. The van der Waals surface area contributed by atoms with Crippen LogP contribution >= 0.6 is 15.9 Å². The summed E-state index contributed by atoms with van der Waals surface area (Å²) in [5, 5.41) is 8.55. The molecule has 6 heteroatoms. The quantitative estimate of drug-likeness (QED) is 0.835. The first-order valence-electron chi connectivity index (χ1n) is 4.21. The van der Waals surface area contributed by atoms with Gasteiger partial charge in [-0.1, -0.05) is 0 Å². The van der Waals surface area contributed by atoms with Gasteiger partial charge in [0.25, 0.3) is 0 Å². The molecule has 1 aromatic rings. The van der Waals surface area contributed by atoms with Crippen LogP contribution in [0, 0.1) is 11.3 Å². The molecule has 1 aromatic carbocycles. The molecule has 0 fully saturated rings. The molecular weight excluding hydrogens is 287 g/mol. The predicted molar refractivity (Wildman–Crippen MR) is 55.0 cm³/mol. The Labute approximate surface area is 98.8 Å². The summed E-state index contributed by atoms with van der Waals surface area (Å²) in [7, 11) is 1.34.